The Kier molecular flexibility index (Phi) is 3.71. The van der Waals surface area contributed by atoms with Crippen LogP contribution in [0.1, 0.15) is 29.4 Å². The lowest BCUT2D eigenvalue weighted by molar-refractivity contribution is 0.605. The lowest BCUT2D eigenvalue weighted by atomic mass is 10.1. The number of hydrogen-bond donors (Lipinski definition) is 0. The van der Waals surface area contributed by atoms with Crippen LogP contribution < -0.4 is 0 Å². The molecule has 0 bridgehead atoms. The summed E-state index contributed by atoms with van der Waals surface area (Å²) < 4.78 is 15.7. The maximum Gasteiger partial charge on any atom is 0.149 e. The zero-order chi connectivity index (χ0) is 13.3. The summed E-state index contributed by atoms with van der Waals surface area (Å²) in [4.78, 5) is 0. The minimum absolute atomic E-state index is 0.271. The second kappa shape index (κ2) is 5.11. The van der Waals surface area contributed by atoms with Crippen molar-refractivity contribution in [3.63, 3.8) is 0 Å². The fraction of sp³-hybridized carbons (Fsp3) is 0.357. The van der Waals surface area contributed by atoms with Crippen molar-refractivity contribution < 1.29 is 4.39 Å². The number of hydrogen-bond acceptors (Lipinski definition) is 1. The standard InChI is InChI=1S/C14H16ClFN2/c1-4-12-9(2)17-18(10(12)3)14-11(8-15)6-5-7-13(14)16/h5-7H,4,8H2,1-3H3. The Morgan fingerprint density at radius 1 is 1.33 bits per heavy atom. The lowest BCUT2D eigenvalue weighted by Gasteiger charge is -2.10. The predicted octanol–water partition coefficient (Wildman–Crippen LogP) is 3.93. The summed E-state index contributed by atoms with van der Waals surface area (Å²) in [6, 6.07) is 4.93. The van der Waals surface area contributed by atoms with E-state index in [0.29, 0.717) is 5.69 Å². The van der Waals surface area contributed by atoms with Crippen molar-refractivity contribution in [3.05, 3.63) is 46.5 Å². The van der Waals surface area contributed by atoms with Gasteiger partial charge in [-0.1, -0.05) is 19.1 Å². The van der Waals surface area contributed by atoms with Crippen molar-refractivity contribution in [3.8, 4) is 5.69 Å². The van der Waals surface area contributed by atoms with Crippen LogP contribution in [0.5, 0.6) is 0 Å². The van der Waals surface area contributed by atoms with E-state index in [4.69, 9.17) is 11.6 Å². The van der Waals surface area contributed by atoms with E-state index >= 15 is 0 Å². The van der Waals surface area contributed by atoms with Crippen molar-refractivity contribution >= 4 is 11.6 Å². The molecule has 1 aromatic heterocycles. The zero-order valence-electron chi connectivity index (χ0n) is 10.8. The van der Waals surface area contributed by atoms with Crippen LogP contribution in [-0.4, -0.2) is 9.78 Å². The largest absolute Gasteiger partial charge is 0.234 e. The number of alkyl halides is 1. The molecule has 0 radical (unpaired) electrons. The first-order chi connectivity index (χ1) is 8.60. The molecule has 0 unspecified atom stereocenters. The molecule has 0 amide bonds. The van der Waals surface area contributed by atoms with E-state index in [9.17, 15) is 4.39 Å². The molecule has 1 aromatic carbocycles. The Bertz CT molecular complexity index is 575. The number of nitrogens with zero attached hydrogens (tertiary/aromatic N) is 2. The number of halogens is 2. The summed E-state index contributed by atoms with van der Waals surface area (Å²) in [5.74, 6) is -0.0196. The molecule has 0 aliphatic rings. The van der Waals surface area contributed by atoms with Gasteiger partial charge in [0.25, 0.3) is 0 Å². The third-order valence-electron chi connectivity index (χ3n) is 3.22. The summed E-state index contributed by atoms with van der Waals surface area (Å²) in [6.45, 7) is 5.98. The molecule has 0 spiro atoms. The highest BCUT2D eigenvalue weighted by Gasteiger charge is 2.16. The molecule has 2 nitrogen and oxygen atoms in total. The van der Waals surface area contributed by atoms with Crippen LogP contribution in [0.25, 0.3) is 5.69 Å². The number of rotatable bonds is 3. The fourth-order valence-electron chi connectivity index (χ4n) is 2.31. The molecule has 2 aromatic rings. The summed E-state index contributed by atoms with van der Waals surface area (Å²) in [7, 11) is 0. The predicted molar refractivity (Wildman–Crippen MR) is 71.9 cm³/mol. The zero-order valence-corrected chi connectivity index (χ0v) is 11.6. The Hall–Kier alpha value is -1.35. The normalized spacial score (nSPS) is 10.9. The molecular formula is C14H16ClFN2. The van der Waals surface area contributed by atoms with Gasteiger partial charge in [-0.3, -0.25) is 0 Å². The lowest BCUT2D eigenvalue weighted by Crippen LogP contribution is -2.06. The van der Waals surface area contributed by atoms with Crippen LogP contribution in [0.2, 0.25) is 0 Å². The molecule has 4 heteroatoms. The van der Waals surface area contributed by atoms with Crippen LogP contribution in [-0.2, 0) is 12.3 Å². The first-order valence-electron chi connectivity index (χ1n) is 5.99. The monoisotopic (exact) mass is 266 g/mol. The maximum absolute atomic E-state index is 14.0. The van der Waals surface area contributed by atoms with Crippen molar-refractivity contribution in [1.82, 2.24) is 9.78 Å². The molecule has 0 saturated heterocycles. The molecule has 0 atom stereocenters. The fourth-order valence-corrected chi connectivity index (χ4v) is 2.53. The Morgan fingerprint density at radius 2 is 2.06 bits per heavy atom. The van der Waals surface area contributed by atoms with Gasteiger partial charge in [0.05, 0.1) is 5.69 Å². The van der Waals surface area contributed by atoms with Gasteiger partial charge in [0, 0.05) is 11.6 Å². The molecule has 0 N–H and O–H groups in total. The third kappa shape index (κ3) is 2.03. The second-order valence-electron chi connectivity index (χ2n) is 4.30. The molecule has 0 saturated carbocycles. The Balaban J connectivity index is 2.69. The van der Waals surface area contributed by atoms with Crippen molar-refractivity contribution in [2.75, 3.05) is 0 Å². The van der Waals surface area contributed by atoms with E-state index in [1.165, 1.54) is 11.6 Å². The van der Waals surface area contributed by atoms with E-state index < -0.39 is 0 Å². The highest BCUT2D eigenvalue weighted by atomic mass is 35.5. The van der Waals surface area contributed by atoms with E-state index in [-0.39, 0.29) is 11.7 Å². The van der Waals surface area contributed by atoms with Crippen LogP contribution in [0.4, 0.5) is 4.39 Å². The molecule has 96 valence electrons. The summed E-state index contributed by atoms with van der Waals surface area (Å²) in [6.07, 6.45) is 0.891. The number of aryl methyl sites for hydroxylation is 1. The van der Waals surface area contributed by atoms with Crippen LogP contribution >= 0.6 is 11.6 Å². The summed E-state index contributed by atoms with van der Waals surface area (Å²) in [5.41, 5.74) is 4.31. The van der Waals surface area contributed by atoms with Gasteiger partial charge in [0.15, 0.2) is 0 Å². The van der Waals surface area contributed by atoms with Gasteiger partial charge in [-0.05, 0) is 37.5 Å². The van der Waals surface area contributed by atoms with E-state index in [1.807, 2.05) is 19.9 Å². The van der Waals surface area contributed by atoms with Gasteiger partial charge < -0.3 is 0 Å². The van der Waals surface area contributed by atoms with E-state index in [2.05, 4.69) is 12.0 Å². The highest BCUT2D eigenvalue weighted by molar-refractivity contribution is 6.17. The number of aromatic nitrogens is 2. The highest BCUT2D eigenvalue weighted by Crippen LogP contribution is 2.24. The van der Waals surface area contributed by atoms with Gasteiger partial charge in [0.1, 0.15) is 11.5 Å². The molecule has 0 aliphatic heterocycles. The Labute approximate surface area is 111 Å². The average molecular weight is 267 g/mol. The Morgan fingerprint density at radius 3 is 2.61 bits per heavy atom. The van der Waals surface area contributed by atoms with Gasteiger partial charge in [-0.25, -0.2) is 9.07 Å². The molecule has 2 rings (SSSR count). The van der Waals surface area contributed by atoms with Crippen LogP contribution in [0.15, 0.2) is 18.2 Å². The third-order valence-corrected chi connectivity index (χ3v) is 3.51. The number of benzene rings is 1. The quantitative estimate of drug-likeness (QED) is 0.770. The summed E-state index contributed by atoms with van der Waals surface area (Å²) >= 11 is 5.88. The maximum atomic E-state index is 14.0. The van der Waals surface area contributed by atoms with Crippen molar-refractivity contribution in [2.45, 2.75) is 33.1 Å². The summed E-state index contributed by atoms with van der Waals surface area (Å²) in [5, 5.41) is 4.44. The van der Waals surface area contributed by atoms with Crippen molar-refractivity contribution in [2.24, 2.45) is 0 Å². The smallest absolute Gasteiger partial charge is 0.149 e. The molecule has 0 fully saturated rings. The number of para-hydroxylation sites is 1. The van der Waals surface area contributed by atoms with Crippen LogP contribution in [0.3, 0.4) is 0 Å². The van der Waals surface area contributed by atoms with E-state index in [1.54, 1.807) is 10.7 Å². The first kappa shape index (κ1) is 13.1. The van der Waals surface area contributed by atoms with Gasteiger partial charge in [0.2, 0.25) is 0 Å². The van der Waals surface area contributed by atoms with E-state index in [0.717, 1.165) is 23.4 Å². The SMILES string of the molecule is CCc1c(C)nn(-c2c(F)cccc2CCl)c1C. The average Bonchev–Trinajstić information content (AvgIpc) is 2.63. The minimum atomic E-state index is -0.290. The van der Waals surface area contributed by atoms with Gasteiger partial charge in [-0.2, -0.15) is 5.10 Å². The van der Waals surface area contributed by atoms with Gasteiger partial charge in [-0.15, -0.1) is 11.6 Å². The van der Waals surface area contributed by atoms with Crippen molar-refractivity contribution in [1.29, 1.82) is 0 Å². The van der Waals surface area contributed by atoms with Crippen LogP contribution in [0, 0.1) is 19.7 Å². The minimum Gasteiger partial charge on any atom is -0.234 e. The second-order valence-corrected chi connectivity index (χ2v) is 4.56. The molecular weight excluding hydrogens is 251 g/mol. The molecule has 18 heavy (non-hydrogen) atoms. The molecule has 0 aliphatic carbocycles. The topological polar surface area (TPSA) is 17.8 Å². The molecule has 1 heterocycles. The first-order valence-corrected chi connectivity index (χ1v) is 6.52. The van der Waals surface area contributed by atoms with Gasteiger partial charge >= 0.3 is 0 Å².